The molecular formula is C17H18F2N2O3S. The van der Waals surface area contributed by atoms with Gasteiger partial charge in [-0.2, -0.15) is 4.31 Å². The zero-order chi connectivity index (χ0) is 18.6. The normalized spacial score (nSPS) is 12.8. The zero-order valence-electron chi connectivity index (χ0n) is 13.7. The maximum Gasteiger partial charge on any atom is 0.239 e. The Kier molecular flexibility index (Phi) is 5.86. The Morgan fingerprint density at radius 3 is 2.36 bits per heavy atom. The summed E-state index contributed by atoms with van der Waals surface area (Å²) < 4.78 is 51.7. The van der Waals surface area contributed by atoms with Crippen LogP contribution >= 0.6 is 0 Å². The van der Waals surface area contributed by atoms with Crippen molar-refractivity contribution in [1.82, 2.24) is 4.31 Å². The lowest BCUT2D eigenvalue weighted by atomic mass is 10.1. The average Bonchev–Trinajstić information content (AvgIpc) is 2.54. The molecule has 0 fully saturated rings. The fourth-order valence-electron chi connectivity index (χ4n) is 2.36. The lowest BCUT2D eigenvalue weighted by Crippen LogP contribution is -2.39. The molecule has 0 aromatic heterocycles. The van der Waals surface area contributed by atoms with Gasteiger partial charge in [0.15, 0.2) is 0 Å². The number of halogens is 2. The topological polar surface area (TPSA) is 66.5 Å². The van der Waals surface area contributed by atoms with Gasteiger partial charge in [0.2, 0.25) is 15.9 Å². The third kappa shape index (κ3) is 5.07. The second-order valence-electron chi connectivity index (χ2n) is 5.57. The summed E-state index contributed by atoms with van der Waals surface area (Å²) in [6, 6.07) is 11.0. The molecule has 1 amide bonds. The first kappa shape index (κ1) is 19.0. The van der Waals surface area contributed by atoms with E-state index in [0.717, 1.165) is 22.7 Å². The van der Waals surface area contributed by atoms with Crippen LogP contribution in [0.25, 0.3) is 0 Å². The Labute approximate surface area is 145 Å². The molecule has 1 N–H and O–H groups in total. The molecule has 8 heteroatoms. The first-order valence-electron chi connectivity index (χ1n) is 7.45. The minimum Gasteiger partial charge on any atom is -0.322 e. The number of carbonyl (C=O) groups excluding carboxylic acids is 1. The predicted octanol–water partition coefficient (Wildman–Crippen LogP) is 2.93. The van der Waals surface area contributed by atoms with Gasteiger partial charge >= 0.3 is 0 Å². The number of benzene rings is 2. The predicted molar refractivity (Wildman–Crippen MR) is 91.4 cm³/mol. The van der Waals surface area contributed by atoms with Gasteiger partial charge in [-0.05, 0) is 24.6 Å². The van der Waals surface area contributed by atoms with Gasteiger partial charge in [-0.15, -0.1) is 0 Å². The molecule has 5 nitrogen and oxygen atoms in total. The van der Waals surface area contributed by atoms with Gasteiger partial charge in [0.1, 0.15) is 11.6 Å². The first-order chi connectivity index (χ1) is 11.7. The van der Waals surface area contributed by atoms with Crippen LogP contribution < -0.4 is 5.32 Å². The van der Waals surface area contributed by atoms with Crippen LogP contribution in [-0.4, -0.2) is 31.4 Å². The minimum atomic E-state index is -3.70. The molecule has 2 aromatic rings. The molecular weight excluding hydrogens is 350 g/mol. The third-order valence-corrected chi connectivity index (χ3v) is 4.94. The summed E-state index contributed by atoms with van der Waals surface area (Å²) in [5, 5.41) is 2.26. The lowest BCUT2D eigenvalue weighted by Gasteiger charge is -2.26. The van der Waals surface area contributed by atoms with Crippen molar-refractivity contribution in [3.05, 3.63) is 65.7 Å². The second-order valence-corrected chi connectivity index (χ2v) is 7.50. The van der Waals surface area contributed by atoms with E-state index in [1.165, 1.54) is 0 Å². The highest BCUT2D eigenvalue weighted by molar-refractivity contribution is 7.88. The SMILES string of the molecule is CC(c1ccccc1)N(CC(=O)Nc1ccc(F)cc1F)S(C)(=O)=O. The minimum absolute atomic E-state index is 0.216. The number of nitrogens with one attached hydrogen (secondary N) is 1. The van der Waals surface area contributed by atoms with Crippen molar-refractivity contribution in [3.8, 4) is 0 Å². The quantitative estimate of drug-likeness (QED) is 0.853. The van der Waals surface area contributed by atoms with Crippen molar-refractivity contribution < 1.29 is 22.0 Å². The second kappa shape index (κ2) is 7.71. The molecule has 0 aliphatic carbocycles. The van der Waals surface area contributed by atoms with Crippen LogP contribution in [-0.2, 0) is 14.8 Å². The highest BCUT2D eigenvalue weighted by atomic mass is 32.2. The molecule has 0 spiro atoms. The monoisotopic (exact) mass is 368 g/mol. The van der Waals surface area contributed by atoms with Crippen LogP contribution in [0.5, 0.6) is 0 Å². The number of sulfonamides is 1. The maximum atomic E-state index is 13.6. The number of anilines is 1. The molecule has 0 saturated heterocycles. The van der Waals surface area contributed by atoms with Gasteiger partial charge in [-0.3, -0.25) is 4.79 Å². The Bertz CT molecular complexity index is 857. The van der Waals surface area contributed by atoms with E-state index in [1.807, 2.05) is 0 Å². The van der Waals surface area contributed by atoms with Crippen molar-refractivity contribution in [2.75, 3.05) is 18.1 Å². The highest BCUT2D eigenvalue weighted by Crippen LogP contribution is 2.23. The molecule has 25 heavy (non-hydrogen) atoms. The van der Waals surface area contributed by atoms with Gasteiger partial charge in [0.25, 0.3) is 0 Å². The van der Waals surface area contributed by atoms with E-state index < -0.39 is 40.2 Å². The fourth-order valence-corrected chi connectivity index (χ4v) is 3.41. The smallest absolute Gasteiger partial charge is 0.239 e. The van der Waals surface area contributed by atoms with E-state index in [4.69, 9.17) is 0 Å². The Balaban J connectivity index is 2.18. The Morgan fingerprint density at radius 1 is 1.16 bits per heavy atom. The standard InChI is InChI=1S/C17H18F2N2O3S/c1-12(13-6-4-3-5-7-13)21(25(2,23)24)11-17(22)20-16-9-8-14(18)10-15(16)19/h3-10,12H,11H2,1-2H3,(H,20,22). The van der Waals surface area contributed by atoms with Gasteiger partial charge in [-0.25, -0.2) is 17.2 Å². The van der Waals surface area contributed by atoms with E-state index in [-0.39, 0.29) is 5.69 Å². The summed E-state index contributed by atoms with van der Waals surface area (Å²) in [6.45, 7) is 1.16. The van der Waals surface area contributed by atoms with E-state index >= 15 is 0 Å². The molecule has 1 atom stereocenters. The van der Waals surface area contributed by atoms with E-state index in [1.54, 1.807) is 37.3 Å². The van der Waals surface area contributed by atoms with Gasteiger partial charge < -0.3 is 5.32 Å². The van der Waals surface area contributed by atoms with E-state index in [2.05, 4.69) is 5.32 Å². The van der Waals surface area contributed by atoms with Crippen LogP contribution in [0.1, 0.15) is 18.5 Å². The van der Waals surface area contributed by atoms with Crippen LogP contribution in [0, 0.1) is 11.6 Å². The fraction of sp³-hybridized carbons (Fsp3) is 0.235. The Hall–Kier alpha value is -2.32. The van der Waals surface area contributed by atoms with Crippen LogP contribution in [0.4, 0.5) is 14.5 Å². The average molecular weight is 368 g/mol. The largest absolute Gasteiger partial charge is 0.322 e. The molecule has 134 valence electrons. The summed E-state index contributed by atoms with van der Waals surface area (Å²) in [5.41, 5.74) is 0.501. The van der Waals surface area contributed by atoms with E-state index in [9.17, 15) is 22.0 Å². The number of hydrogen-bond acceptors (Lipinski definition) is 3. The van der Waals surface area contributed by atoms with Crippen LogP contribution in [0.15, 0.2) is 48.5 Å². The van der Waals surface area contributed by atoms with Crippen molar-refractivity contribution in [1.29, 1.82) is 0 Å². The number of amides is 1. The van der Waals surface area contributed by atoms with E-state index in [0.29, 0.717) is 11.6 Å². The molecule has 0 aliphatic heterocycles. The summed E-state index contributed by atoms with van der Waals surface area (Å²) in [7, 11) is -3.70. The molecule has 0 saturated carbocycles. The third-order valence-electron chi connectivity index (χ3n) is 3.64. The van der Waals surface area contributed by atoms with Crippen LogP contribution in [0.3, 0.4) is 0 Å². The van der Waals surface area contributed by atoms with Gasteiger partial charge in [0, 0.05) is 12.1 Å². The first-order valence-corrected chi connectivity index (χ1v) is 9.30. The van der Waals surface area contributed by atoms with Crippen LogP contribution in [0.2, 0.25) is 0 Å². The summed E-state index contributed by atoms with van der Waals surface area (Å²) in [5.74, 6) is -2.43. The zero-order valence-corrected chi connectivity index (χ0v) is 14.6. The van der Waals surface area contributed by atoms with Crippen molar-refractivity contribution in [2.45, 2.75) is 13.0 Å². The van der Waals surface area contributed by atoms with Crippen molar-refractivity contribution >= 4 is 21.6 Å². The van der Waals surface area contributed by atoms with Crippen molar-refractivity contribution in [3.63, 3.8) is 0 Å². The Morgan fingerprint density at radius 2 is 1.80 bits per heavy atom. The molecule has 0 heterocycles. The summed E-state index contributed by atoms with van der Waals surface area (Å²) in [6.07, 6.45) is 0.998. The number of carbonyl (C=O) groups is 1. The van der Waals surface area contributed by atoms with Gasteiger partial charge in [-0.1, -0.05) is 30.3 Å². The van der Waals surface area contributed by atoms with Crippen molar-refractivity contribution in [2.24, 2.45) is 0 Å². The lowest BCUT2D eigenvalue weighted by molar-refractivity contribution is -0.116. The summed E-state index contributed by atoms with van der Waals surface area (Å²) in [4.78, 5) is 12.2. The van der Waals surface area contributed by atoms with Gasteiger partial charge in [0.05, 0.1) is 18.5 Å². The molecule has 2 rings (SSSR count). The summed E-state index contributed by atoms with van der Waals surface area (Å²) >= 11 is 0. The molecule has 0 aliphatic rings. The molecule has 2 aromatic carbocycles. The number of hydrogen-bond donors (Lipinski definition) is 1. The number of rotatable bonds is 6. The maximum absolute atomic E-state index is 13.6. The molecule has 0 radical (unpaired) electrons. The molecule has 1 unspecified atom stereocenters. The molecule has 0 bridgehead atoms. The highest BCUT2D eigenvalue weighted by Gasteiger charge is 2.27. The number of nitrogens with zero attached hydrogens (tertiary/aromatic N) is 1.